The third kappa shape index (κ3) is 4.11. The lowest BCUT2D eigenvalue weighted by atomic mass is 9.93. The quantitative estimate of drug-likeness (QED) is 0.844. The first-order valence-corrected chi connectivity index (χ1v) is 9.48. The van der Waals surface area contributed by atoms with Crippen molar-refractivity contribution in [3.8, 4) is 11.6 Å². The zero-order valence-electron chi connectivity index (χ0n) is 15.8. The van der Waals surface area contributed by atoms with Gasteiger partial charge in [0.25, 0.3) is 0 Å². The minimum atomic E-state index is -0.242. The van der Waals surface area contributed by atoms with Gasteiger partial charge in [-0.15, -0.1) is 0 Å². The van der Waals surface area contributed by atoms with Gasteiger partial charge >= 0.3 is 0 Å². The van der Waals surface area contributed by atoms with Crippen molar-refractivity contribution in [2.24, 2.45) is 5.92 Å². The summed E-state index contributed by atoms with van der Waals surface area (Å²) in [5.74, 6) is 3.02. The first-order valence-electron chi connectivity index (χ1n) is 9.48. The lowest BCUT2D eigenvalue weighted by Gasteiger charge is -2.19. The highest BCUT2D eigenvalue weighted by Crippen LogP contribution is 2.47. The van der Waals surface area contributed by atoms with Gasteiger partial charge in [-0.05, 0) is 50.3 Å². The molecule has 142 valence electrons. The highest BCUT2D eigenvalue weighted by atomic mass is 16.5. The predicted octanol–water partition coefficient (Wildman–Crippen LogP) is 3.30. The largest absolute Gasteiger partial charge is 0.495 e. The molecule has 2 aliphatic carbocycles. The second-order valence-electron chi connectivity index (χ2n) is 7.33. The molecule has 2 aliphatic rings. The number of rotatable bonds is 6. The van der Waals surface area contributed by atoms with Crippen LogP contribution in [0.4, 0.5) is 0 Å². The van der Waals surface area contributed by atoms with Crippen molar-refractivity contribution in [1.82, 2.24) is 15.0 Å². The summed E-state index contributed by atoms with van der Waals surface area (Å²) < 4.78 is 11.3. The minimum Gasteiger partial charge on any atom is -0.495 e. The molecular formula is C21H25N3O3. The number of aryl methyl sites for hydroxylation is 1. The van der Waals surface area contributed by atoms with Crippen molar-refractivity contribution in [2.45, 2.75) is 44.6 Å². The van der Waals surface area contributed by atoms with Gasteiger partial charge in [0.15, 0.2) is 0 Å². The first-order chi connectivity index (χ1) is 13.1. The number of pyridine rings is 1. The van der Waals surface area contributed by atoms with Gasteiger partial charge in [-0.1, -0.05) is 6.08 Å². The number of aliphatic hydroxyl groups excluding tert-OH is 1. The number of nitrogens with zero attached hydrogens (tertiary/aromatic N) is 3. The number of hydrogen-bond donors (Lipinski definition) is 1. The minimum absolute atomic E-state index is 0.242. The molecule has 0 aliphatic heterocycles. The molecule has 0 amide bonds. The Labute approximate surface area is 159 Å². The molecule has 2 aromatic rings. The molecule has 6 nitrogen and oxygen atoms in total. The Morgan fingerprint density at radius 2 is 2.11 bits per heavy atom. The van der Waals surface area contributed by atoms with Crippen LogP contribution in [0.5, 0.6) is 11.6 Å². The predicted molar refractivity (Wildman–Crippen MR) is 102 cm³/mol. The van der Waals surface area contributed by atoms with E-state index in [-0.39, 0.29) is 6.10 Å². The van der Waals surface area contributed by atoms with Crippen molar-refractivity contribution in [3.05, 3.63) is 47.7 Å². The maximum absolute atomic E-state index is 9.72. The fourth-order valence-corrected chi connectivity index (χ4v) is 3.56. The summed E-state index contributed by atoms with van der Waals surface area (Å²) in [5.41, 5.74) is 3.21. The molecule has 6 heteroatoms. The van der Waals surface area contributed by atoms with Crippen molar-refractivity contribution in [3.63, 3.8) is 0 Å². The lowest BCUT2D eigenvalue weighted by Crippen LogP contribution is -2.12. The van der Waals surface area contributed by atoms with Crippen LogP contribution in [0.15, 0.2) is 30.6 Å². The molecule has 2 aromatic heterocycles. The molecule has 1 fully saturated rings. The van der Waals surface area contributed by atoms with Crippen molar-refractivity contribution >= 4 is 5.57 Å². The van der Waals surface area contributed by atoms with Gasteiger partial charge in [-0.25, -0.2) is 4.98 Å². The molecule has 1 saturated carbocycles. The highest BCUT2D eigenvalue weighted by Gasteiger charge is 2.40. The van der Waals surface area contributed by atoms with Crippen LogP contribution in [-0.2, 0) is 0 Å². The standard InChI is InChI=1S/C21H25N3O3/c1-13-22-11-19(14-3-5-16(25)6-4-14)21(24-13)27-12-15-9-18(15)20-8-7-17(26-2)10-23-20/h3,7-8,10-11,15-16,18,25H,4-6,9,12H2,1-2H3/t15-,16?,18+/m1/s1. The molecule has 0 radical (unpaired) electrons. The Balaban J connectivity index is 1.42. The maximum atomic E-state index is 9.72. The van der Waals surface area contributed by atoms with Crippen LogP contribution in [0.1, 0.15) is 48.7 Å². The van der Waals surface area contributed by atoms with Crippen LogP contribution in [-0.4, -0.2) is 39.9 Å². The van der Waals surface area contributed by atoms with E-state index in [2.05, 4.69) is 21.0 Å². The summed E-state index contributed by atoms with van der Waals surface area (Å²) in [6.45, 7) is 2.49. The van der Waals surface area contributed by atoms with E-state index < -0.39 is 0 Å². The summed E-state index contributed by atoms with van der Waals surface area (Å²) in [5, 5.41) is 9.72. The Kier molecular flexibility index (Phi) is 5.07. The van der Waals surface area contributed by atoms with E-state index in [1.54, 1.807) is 13.3 Å². The van der Waals surface area contributed by atoms with Crippen LogP contribution >= 0.6 is 0 Å². The van der Waals surface area contributed by atoms with Gasteiger partial charge in [-0.3, -0.25) is 4.98 Å². The van der Waals surface area contributed by atoms with Gasteiger partial charge in [-0.2, -0.15) is 4.98 Å². The molecule has 0 saturated heterocycles. The third-order valence-corrected chi connectivity index (χ3v) is 5.33. The zero-order valence-corrected chi connectivity index (χ0v) is 15.8. The smallest absolute Gasteiger partial charge is 0.224 e. The average molecular weight is 367 g/mol. The van der Waals surface area contributed by atoms with E-state index in [1.807, 2.05) is 25.3 Å². The SMILES string of the molecule is COc1ccc([C@H]2C[C@@H]2COc2nc(C)ncc2C2=CCC(O)CC2)nc1. The number of allylic oxidation sites excluding steroid dienone is 1. The second kappa shape index (κ2) is 7.64. The van der Waals surface area contributed by atoms with Crippen LogP contribution in [0.25, 0.3) is 5.57 Å². The van der Waals surface area contributed by atoms with Crippen molar-refractivity contribution < 1.29 is 14.6 Å². The number of ether oxygens (including phenoxy) is 2. The summed E-state index contributed by atoms with van der Waals surface area (Å²) >= 11 is 0. The topological polar surface area (TPSA) is 77.4 Å². The molecule has 0 spiro atoms. The third-order valence-electron chi connectivity index (χ3n) is 5.33. The normalized spacial score (nSPS) is 24.3. The van der Waals surface area contributed by atoms with E-state index in [0.717, 1.165) is 36.3 Å². The monoisotopic (exact) mass is 367 g/mol. The number of aliphatic hydroxyl groups is 1. The van der Waals surface area contributed by atoms with E-state index >= 15 is 0 Å². The van der Waals surface area contributed by atoms with E-state index in [0.29, 0.717) is 36.6 Å². The van der Waals surface area contributed by atoms with Crippen LogP contribution in [0.2, 0.25) is 0 Å². The summed E-state index contributed by atoms with van der Waals surface area (Å²) in [6.07, 6.45) is 8.80. The van der Waals surface area contributed by atoms with E-state index in [9.17, 15) is 5.11 Å². The average Bonchev–Trinajstić information content (AvgIpc) is 3.47. The Morgan fingerprint density at radius 3 is 2.81 bits per heavy atom. The molecule has 1 N–H and O–H groups in total. The Hall–Kier alpha value is -2.47. The fraction of sp³-hybridized carbons (Fsp3) is 0.476. The number of aromatic nitrogens is 3. The van der Waals surface area contributed by atoms with Crippen LogP contribution in [0.3, 0.4) is 0 Å². The molecule has 1 unspecified atom stereocenters. The van der Waals surface area contributed by atoms with Crippen LogP contribution in [0, 0.1) is 12.8 Å². The molecule has 0 aromatic carbocycles. The van der Waals surface area contributed by atoms with E-state index in [1.165, 1.54) is 5.57 Å². The zero-order chi connectivity index (χ0) is 18.8. The van der Waals surface area contributed by atoms with E-state index in [4.69, 9.17) is 9.47 Å². The van der Waals surface area contributed by atoms with Crippen LogP contribution < -0.4 is 9.47 Å². The molecule has 2 heterocycles. The maximum Gasteiger partial charge on any atom is 0.224 e. The molecule has 27 heavy (non-hydrogen) atoms. The second-order valence-corrected chi connectivity index (χ2v) is 7.33. The van der Waals surface area contributed by atoms with Gasteiger partial charge in [0.2, 0.25) is 5.88 Å². The summed E-state index contributed by atoms with van der Waals surface area (Å²) in [4.78, 5) is 13.3. The number of hydrogen-bond acceptors (Lipinski definition) is 6. The summed E-state index contributed by atoms with van der Waals surface area (Å²) in [7, 11) is 1.65. The molecule has 0 bridgehead atoms. The highest BCUT2D eigenvalue weighted by molar-refractivity contribution is 5.69. The molecule has 4 rings (SSSR count). The Bertz CT molecular complexity index is 835. The molecule has 3 atom stereocenters. The first kappa shape index (κ1) is 17.9. The van der Waals surface area contributed by atoms with Gasteiger partial charge in [0.05, 0.1) is 31.6 Å². The summed E-state index contributed by atoms with van der Waals surface area (Å²) in [6, 6.07) is 3.98. The lowest BCUT2D eigenvalue weighted by molar-refractivity contribution is 0.166. The molecular weight excluding hydrogens is 342 g/mol. The van der Waals surface area contributed by atoms with Gasteiger partial charge in [0, 0.05) is 23.7 Å². The van der Waals surface area contributed by atoms with Gasteiger partial charge < -0.3 is 14.6 Å². The fourth-order valence-electron chi connectivity index (χ4n) is 3.56. The van der Waals surface area contributed by atoms with Crippen molar-refractivity contribution in [2.75, 3.05) is 13.7 Å². The number of methoxy groups -OCH3 is 1. The Morgan fingerprint density at radius 1 is 1.22 bits per heavy atom. The van der Waals surface area contributed by atoms with Gasteiger partial charge in [0.1, 0.15) is 11.6 Å². The van der Waals surface area contributed by atoms with Crippen molar-refractivity contribution in [1.29, 1.82) is 0 Å².